The van der Waals surface area contributed by atoms with Crippen LogP contribution in [0.3, 0.4) is 0 Å². The van der Waals surface area contributed by atoms with Crippen molar-refractivity contribution < 1.29 is 14.3 Å². The van der Waals surface area contributed by atoms with Crippen molar-refractivity contribution >= 4 is 40.2 Å². The Morgan fingerprint density at radius 2 is 1.91 bits per heavy atom. The number of anilines is 1. The summed E-state index contributed by atoms with van der Waals surface area (Å²) < 4.78 is 5.51. The number of rotatable bonds is 5. The summed E-state index contributed by atoms with van der Waals surface area (Å²) in [5, 5.41) is 5.23. The summed E-state index contributed by atoms with van der Waals surface area (Å²) in [6.07, 6.45) is 2.93. The third-order valence-corrected chi connectivity index (χ3v) is 6.53. The molecule has 0 spiro atoms. The fraction of sp³-hybridized carbons (Fsp3) is 0.560. The highest BCUT2D eigenvalue weighted by Crippen LogP contribution is 2.25. The first-order valence-electron chi connectivity index (χ1n) is 12.0. The molecule has 0 bridgehead atoms. The molecular formula is C25H34ClN5O3. The highest BCUT2D eigenvalue weighted by Gasteiger charge is 2.39. The normalized spacial score (nSPS) is 19.5. The van der Waals surface area contributed by atoms with Crippen molar-refractivity contribution in [3.05, 3.63) is 35.5 Å². The van der Waals surface area contributed by atoms with E-state index in [1.54, 1.807) is 11.1 Å². The van der Waals surface area contributed by atoms with Crippen molar-refractivity contribution in [2.24, 2.45) is 0 Å². The molecule has 2 fully saturated rings. The minimum absolute atomic E-state index is 0.0445. The molecule has 2 saturated heterocycles. The van der Waals surface area contributed by atoms with E-state index < -0.39 is 11.6 Å². The molecule has 0 saturated carbocycles. The molecule has 0 radical (unpaired) electrons. The first-order chi connectivity index (χ1) is 16.2. The van der Waals surface area contributed by atoms with Crippen molar-refractivity contribution in [1.82, 2.24) is 19.7 Å². The second kappa shape index (κ2) is 10.4. The van der Waals surface area contributed by atoms with E-state index >= 15 is 0 Å². The van der Waals surface area contributed by atoms with Gasteiger partial charge in [-0.2, -0.15) is 0 Å². The molecule has 3 heterocycles. The van der Waals surface area contributed by atoms with Crippen LogP contribution in [0.15, 0.2) is 30.5 Å². The van der Waals surface area contributed by atoms with Crippen molar-refractivity contribution in [3.8, 4) is 0 Å². The van der Waals surface area contributed by atoms with E-state index in [1.807, 2.05) is 49.9 Å². The molecule has 34 heavy (non-hydrogen) atoms. The second-order valence-electron chi connectivity index (χ2n) is 9.95. The maximum Gasteiger partial charge on any atom is 0.410 e. The summed E-state index contributed by atoms with van der Waals surface area (Å²) >= 11 is 6.08. The van der Waals surface area contributed by atoms with Crippen LogP contribution in [0.2, 0.25) is 5.02 Å². The number of piperazine rings is 1. The van der Waals surface area contributed by atoms with E-state index in [4.69, 9.17) is 16.3 Å². The zero-order valence-electron chi connectivity index (χ0n) is 20.2. The number of hydrogen-bond donors (Lipinski definition) is 1. The SMILES string of the molecule is CC(C)(C)OC(=O)N1CCCC1C(=O)N1CCN(CCNc2ccnc3cc(Cl)ccc23)CC1. The number of amides is 2. The van der Waals surface area contributed by atoms with E-state index in [0.717, 1.165) is 49.2 Å². The number of nitrogens with zero attached hydrogens (tertiary/aromatic N) is 4. The molecule has 2 amide bonds. The lowest BCUT2D eigenvalue weighted by Crippen LogP contribution is -2.55. The summed E-state index contributed by atoms with van der Waals surface area (Å²) in [6.45, 7) is 10.8. The van der Waals surface area contributed by atoms with Gasteiger partial charge in [0.1, 0.15) is 11.6 Å². The molecule has 184 valence electrons. The molecule has 8 nitrogen and oxygen atoms in total. The molecule has 1 aromatic heterocycles. The van der Waals surface area contributed by atoms with Gasteiger partial charge in [0.25, 0.3) is 0 Å². The summed E-state index contributed by atoms with van der Waals surface area (Å²) in [6, 6.07) is 7.30. The number of likely N-dealkylation sites (tertiary alicyclic amines) is 1. The number of halogens is 1. The average molecular weight is 488 g/mol. The van der Waals surface area contributed by atoms with Crippen LogP contribution >= 0.6 is 11.6 Å². The summed E-state index contributed by atoms with van der Waals surface area (Å²) in [5.41, 5.74) is 1.35. The van der Waals surface area contributed by atoms with Gasteiger partial charge < -0.3 is 15.0 Å². The smallest absolute Gasteiger partial charge is 0.410 e. The van der Waals surface area contributed by atoms with Gasteiger partial charge in [0.2, 0.25) is 5.91 Å². The highest BCUT2D eigenvalue weighted by atomic mass is 35.5. The topological polar surface area (TPSA) is 78.0 Å². The number of carbonyl (C=O) groups is 2. The number of nitrogens with one attached hydrogen (secondary N) is 1. The molecule has 2 aliphatic heterocycles. The first-order valence-corrected chi connectivity index (χ1v) is 12.4. The Balaban J connectivity index is 1.25. The van der Waals surface area contributed by atoms with Crippen LogP contribution in [0.4, 0.5) is 10.5 Å². The predicted octanol–water partition coefficient (Wildman–Crippen LogP) is 3.84. The van der Waals surface area contributed by atoms with Gasteiger partial charge in [-0.3, -0.25) is 19.6 Å². The zero-order valence-corrected chi connectivity index (χ0v) is 21.0. The van der Waals surface area contributed by atoms with E-state index in [9.17, 15) is 9.59 Å². The van der Waals surface area contributed by atoms with Crippen molar-refractivity contribution in [2.75, 3.05) is 51.1 Å². The molecule has 2 aliphatic rings. The van der Waals surface area contributed by atoms with Crippen LogP contribution in [0, 0.1) is 0 Å². The van der Waals surface area contributed by atoms with Crippen LogP contribution < -0.4 is 5.32 Å². The van der Waals surface area contributed by atoms with Gasteiger partial charge in [0.05, 0.1) is 5.52 Å². The fourth-order valence-corrected chi connectivity index (χ4v) is 4.76. The summed E-state index contributed by atoms with van der Waals surface area (Å²) in [5.74, 6) is 0.0445. The lowest BCUT2D eigenvalue weighted by Gasteiger charge is -2.37. The van der Waals surface area contributed by atoms with Gasteiger partial charge >= 0.3 is 6.09 Å². The van der Waals surface area contributed by atoms with Gasteiger partial charge in [-0.25, -0.2) is 4.79 Å². The van der Waals surface area contributed by atoms with E-state index in [2.05, 4.69) is 15.2 Å². The van der Waals surface area contributed by atoms with Gasteiger partial charge in [-0.05, 0) is 57.9 Å². The number of fused-ring (bicyclic) bond motifs is 1. The molecule has 9 heteroatoms. The lowest BCUT2D eigenvalue weighted by molar-refractivity contribution is -0.137. The molecule has 2 aromatic rings. The van der Waals surface area contributed by atoms with E-state index in [0.29, 0.717) is 31.1 Å². The maximum atomic E-state index is 13.2. The van der Waals surface area contributed by atoms with Gasteiger partial charge in [-0.15, -0.1) is 0 Å². The number of hydrogen-bond acceptors (Lipinski definition) is 6. The third kappa shape index (κ3) is 5.91. The minimum atomic E-state index is -0.567. The minimum Gasteiger partial charge on any atom is -0.444 e. The molecule has 1 atom stereocenters. The zero-order chi connectivity index (χ0) is 24.3. The first kappa shape index (κ1) is 24.5. The number of aromatic nitrogens is 1. The monoisotopic (exact) mass is 487 g/mol. The van der Waals surface area contributed by atoms with Crippen LogP contribution in [0.5, 0.6) is 0 Å². The largest absolute Gasteiger partial charge is 0.444 e. The van der Waals surface area contributed by atoms with Crippen molar-refractivity contribution in [2.45, 2.75) is 45.3 Å². The van der Waals surface area contributed by atoms with Crippen LogP contribution in [0.1, 0.15) is 33.6 Å². The van der Waals surface area contributed by atoms with Crippen LogP contribution in [-0.4, -0.2) is 89.1 Å². The second-order valence-corrected chi connectivity index (χ2v) is 10.4. The third-order valence-electron chi connectivity index (χ3n) is 6.30. The molecular weight excluding hydrogens is 454 g/mol. The highest BCUT2D eigenvalue weighted by molar-refractivity contribution is 6.31. The van der Waals surface area contributed by atoms with E-state index in [-0.39, 0.29) is 12.0 Å². The summed E-state index contributed by atoms with van der Waals surface area (Å²) in [7, 11) is 0. The Hall–Kier alpha value is -2.58. The molecule has 1 unspecified atom stereocenters. The summed E-state index contributed by atoms with van der Waals surface area (Å²) in [4.78, 5) is 36.0. The van der Waals surface area contributed by atoms with Gasteiger partial charge in [-0.1, -0.05) is 11.6 Å². The van der Waals surface area contributed by atoms with Gasteiger partial charge in [0.15, 0.2) is 0 Å². The Morgan fingerprint density at radius 1 is 1.15 bits per heavy atom. The maximum absolute atomic E-state index is 13.2. The number of ether oxygens (including phenoxy) is 1. The average Bonchev–Trinajstić information content (AvgIpc) is 3.28. The van der Waals surface area contributed by atoms with E-state index in [1.165, 1.54) is 0 Å². The molecule has 4 rings (SSSR count). The Labute approximate surface area is 206 Å². The van der Waals surface area contributed by atoms with Crippen molar-refractivity contribution in [3.63, 3.8) is 0 Å². The standard InChI is InChI=1S/C25H34ClN5O3/c1-25(2,3)34-24(33)31-11-4-5-22(31)23(32)30-15-13-29(14-16-30)12-10-28-20-8-9-27-21-17-18(26)6-7-19(20)21/h6-9,17,22H,4-5,10-16H2,1-3H3,(H,27,28). The van der Waals surface area contributed by atoms with Crippen LogP contribution in [-0.2, 0) is 9.53 Å². The number of carbonyl (C=O) groups excluding carboxylic acids is 2. The van der Waals surface area contributed by atoms with Crippen LogP contribution in [0.25, 0.3) is 10.9 Å². The molecule has 1 aromatic carbocycles. The lowest BCUT2D eigenvalue weighted by atomic mass is 10.1. The Kier molecular flexibility index (Phi) is 7.48. The molecule has 1 N–H and O–H groups in total. The number of pyridine rings is 1. The van der Waals surface area contributed by atoms with Gasteiger partial charge in [0, 0.05) is 68.1 Å². The quantitative estimate of drug-likeness (QED) is 0.690. The Bertz CT molecular complexity index is 1030. The fourth-order valence-electron chi connectivity index (χ4n) is 4.59. The molecule has 0 aliphatic carbocycles. The van der Waals surface area contributed by atoms with Crippen molar-refractivity contribution in [1.29, 1.82) is 0 Å². The predicted molar refractivity (Wildman–Crippen MR) is 134 cm³/mol. The Morgan fingerprint density at radius 3 is 2.65 bits per heavy atom. The number of benzene rings is 1.